The molecule has 2 N–H and O–H groups in total. The molecule has 2 rings (SSSR count). The average Bonchev–Trinajstić information content (AvgIpc) is 2.79. The van der Waals surface area contributed by atoms with Crippen LogP contribution in [0, 0.1) is 0 Å². The summed E-state index contributed by atoms with van der Waals surface area (Å²) >= 11 is 5.72. The zero-order valence-corrected chi connectivity index (χ0v) is 12.6. The topological polar surface area (TPSA) is 26.0 Å². The molecule has 1 aliphatic carbocycles. The predicted octanol–water partition coefficient (Wildman–Crippen LogP) is 4.51. The summed E-state index contributed by atoms with van der Waals surface area (Å²) in [6, 6.07) is 8.66. The summed E-state index contributed by atoms with van der Waals surface area (Å²) in [7, 11) is 0. The molecule has 1 aromatic carbocycles. The first-order valence-electron chi connectivity index (χ1n) is 6.34. The number of hydrogen-bond donors (Lipinski definition) is 1. The van der Waals surface area contributed by atoms with E-state index >= 15 is 0 Å². The van der Waals surface area contributed by atoms with Gasteiger partial charge in [-0.25, -0.2) is 0 Å². The quantitative estimate of drug-likeness (QED) is 0.884. The van der Waals surface area contributed by atoms with Gasteiger partial charge >= 0.3 is 0 Å². The van der Waals surface area contributed by atoms with Crippen molar-refractivity contribution in [1.82, 2.24) is 0 Å². The van der Waals surface area contributed by atoms with Crippen LogP contribution in [0.2, 0.25) is 0 Å². The number of hydrogen-bond acceptors (Lipinski definition) is 2. The minimum Gasteiger partial charge on any atom is -0.327 e. The molecule has 2 atom stereocenters. The van der Waals surface area contributed by atoms with E-state index < -0.39 is 0 Å². The van der Waals surface area contributed by atoms with E-state index in [9.17, 15) is 0 Å². The lowest BCUT2D eigenvalue weighted by molar-refractivity contribution is 0.712. The summed E-state index contributed by atoms with van der Waals surface area (Å²) in [6.07, 6.45) is 5.50. The number of nitrogens with two attached hydrogens (primary N) is 1. The van der Waals surface area contributed by atoms with Crippen molar-refractivity contribution in [2.24, 2.45) is 5.73 Å². The van der Waals surface area contributed by atoms with E-state index in [0.717, 1.165) is 5.25 Å². The Balaban J connectivity index is 2.14. The molecule has 1 fully saturated rings. The van der Waals surface area contributed by atoms with E-state index in [4.69, 9.17) is 5.73 Å². The van der Waals surface area contributed by atoms with Gasteiger partial charge in [0.2, 0.25) is 0 Å². The molecule has 0 spiro atoms. The molecule has 17 heavy (non-hydrogen) atoms. The van der Waals surface area contributed by atoms with Crippen molar-refractivity contribution in [3.63, 3.8) is 0 Å². The van der Waals surface area contributed by atoms with Gasteiger partial charge in [-0.2, -0.15) is 0 Å². The van der Waals surface area contributed by atoms with Crippen molar-refractivity contribution in [1.29, 1.82) is 0 Å². The van der Waals surface area contributed by atoms with Crippen LogP contribution in [0.4, 0.5) is 0 Å². The van der Waals surface area contributed by atoms with Gasteiger partial charge in [0.1, 0.15) is 0 Å². The molecule has 0 aromatic heterocycles. The molecular weight excluding hydrogens is 294 g/mol. The first-order chi connectivity index (χ1) is 8.18. The second-order valence-electron chi connectivity index (χ2n) is 4.84. The van der Waals surface area contributed by atoms with Crippen molar-refractivity contribution in [3.8, 4) is 0 Å². The Morgan fingerprint density at radius 3 is 2.53 bits per heavy atom. The molecule has 0 aliphatic heterocycles. The molecule has 0 bridgehead atoms. The number of halogens is 1. The SMILES string of the molecule is CC(N)C(SC1CCCC1)c1ccccc1Br. The van der Waals surface area contributed by atoms with Gasteiger partial charge in [-0.3, -0.25) is 0 Å². The van der Waals surface area contributed by atoms with Crippen LogP contribution in [0.15, 0.2) is 28.7 Å². The molecule has 3 heteroatoms. The van der Waals surface area contributed by atoms with Crippen LogP contribution in [0.3, 0.4) is 0 Å². The second-order valence-corrected chi connectivity index (χ2v) is 7.14. The largest absolute Gasteiger partial charge is 0.327 e. The zero-order valence-electron chi connectivity index (χ0n) is 10.2. The summed E-state index contributed by atoms with van der Waals surface area (Å²) in [5.74, 6) is 0. The first kappa shape index (κ1) is 13.4. The molecule has 0 radical (unpaired) electrons. The molecule has 1 saturated carbocycles. The first-order valence-corrected chi connectivity index (χ1v) is 8.07. The van der Waals surface area contributed by atoms with E-state index in [1.165, 1.54) is 35.7 Å². The van der Waals surface area contributed by atoms with E-state index in [1.54, 1.807) is 0 Å². The lowest BCUT2D eigenvalue weighted by atomic mass is 10.1. The monoisotopic (exact) mass is 313 g/mol. The minimum atomic E-state index is 0.194. The third kappa shape index (κ3) is 3.49. The molecule has 94 valence electrons. The normalized spacial score (nSPS) is 20.4. The Morgan fingerprint density at radius 1 is 1.29 bits per heavy atom. The Kier molecular flexibility index (Phi) is 4.95. The predicted molar refractivity (Wildman–Crippen MR) is 80.4 cm³/mol. The maximum atomic E-state index is 6.17. The standard InChI is InChI=1S/C14H20BrNS/c1-10(16)14(17-11-6-2-3-7-11)12-8-4-5-9-13(12)15/h4-5,8-11,14H,2-3,6-7,16H2,1H3. The highest BCUT2D eigenvalue weighted by Gasteiger charge is 2.25. The molecular formula is C14H20BrNS. The number of thioether (sulfide) groups is 1. The zero-order chi connectivity index (χ0) is 12.3. The van der Waals surface area contributed by atoms with Crippen molar-refractivity contribution in [2.45, 2.75) is 49.1 Å². The van der Waals surface area contributed by atoms with Gasteiger partial charge in [0, 0.05) is 21.0 Å². The summed E-state index contributed by atoms with van der Waals surface area (Å²) in [6.45, 7) is 2.12. The van der Waals surface area contributed by atoms with Crippen molar-refractivity contribution in [3.05, 3.63) is 34.3 Å². The van der Waals surface area contributed by atoms with Crippen LogP contribution in [-0.2, 0) is 0 Å². The fraction of sp³-hybridized carbons (Fsp3) is 0.571. The molecule has 1 nitrogen and oxygen atoms in total. The van der Waals surface area contributed by atoms with Gasteiger partial charge in [0.25, 0.3) is 0 Å². The summed E-state index contributed by atoms with van der Waals surface area (Å²) < 4.78 is 1.19. The van der Waals surface area contributed by atoms with Crippen LogP contribution in [0.5, 0.6) is 0 Å². The van der Waals surface area contributed by atoms with Crippen molar-refractivity contribution >= 4 is 27.7 Å². The average molecular weight is 314 g/mol. The van der Waals surface area contributed by atoms with Gasteiger partial charge in [-0.05, 0) is 31.4 Å². The molecule has 1 aromatic rings. The smallest absolute Gasteiger partial charge is 0.0459 e. The van der Waals surface area contributed by atoms with Crippen LogP contribution in [-0.4, -0.2) is 11.3 Å². The van der Waals surface area contributed by atoms with E-state index in [1.807, 2.05) is 0 Å². The molecule has 0 heterocycles. The highest BCUT2D eigenvalue weighted by Crippen LogP contribution is 2.42. The summed E-state index contributed by atoms with van der Waals surface area (Å²) in [5.41, 5.74) is 7.52. The van der Waals surface area contributed by atoms with Crippen LogP contribution in [0.1, 0.15) is 43.4 Å². The van der Waals surface area contributed by atoms with Gasteiger partial charge in [-0.1, -0.05) is 47.0 Å². The van der Waals surface area contributed by atoms with Gasteiger partial charge in [0.05, 0.1) is 0 Å². The highest BCUT2D eigenvalue weighted by molar-refractivity contribution is 9.10. The Morgan fingerprint density at radius 2 is 1.94 bits per heavy atom. The second kappa shape index (κ2) is 6.26. The van der Waals surface area contributed by atoms with Crippen LogP contribution >= 0.6 is 27.7 Å². The third-order valence-electron chi connectivity index (χ3n) is 3.33. The van der Waals surface area contributed by atoms with Gasteiger partial charge in [0.15, 0.2) is 0 Å². The Hall–Kier alpha value is 0.01000. The number of benzene rings is 1. The fourth-order valence-corrected chi connectivity index (χ4v) is 4.72. The summed E-state index contributed by atoms with van der Waals surface area (Å²) in [4.78, 5) is 0. The molecule has 2 unspecified atom stereocenters. The van der Waals surface area contributed by atoms with E-state index in [2.05, 4.69) is 58.9 Å². The molecule has 1 aliphatic rings. The third-order valence-corrected chi connectivity index (χ3v) is 5.89. The Labute approximate surface area is 117 Å². The minimum absolute atomic E-state index is 0.194. The lowest BCUT2D eigenvalue weighted by Crippen LogP contribution is -2.24. The maximum Gasteiger partial charge on any atom is 0.0459 e. The van der Waals surface area contributed by atoms with Crippen molar-refractivity contribution in [2.75, 3.05) is 0 Å². The van der Waals surface area contributed by atoms with Gasteiger partial charge < -0.3 is 5.73 Å². The molecule has 0 amide bonds. The maximum absolute atomic E-state index is 6.17. The fourth-order valence-electron chi connectivity index (χ4n) is 2.42. The van der Waals surface area contributed by atoms with E-state index in [-0.39, 0.29) is 6.04 Å². The highest BCUT2D eigenvalue weighted by atomic mass is 79.9. The van der Waals surface area contributed by atoms with Crippen molar-refractivity contribution < 1.29 is 0 Å². The lowest BCUT2D eigenvalue weighted by Gasteiger charge is -2.25. The van der Waals surface area contributed by atoms with Crippen LogP contribution < -0.4 is 5.73 Å². The molecule has 0 saturated heterocycles. The van der Waals surface area contributed by atoms with E-state index in [0.29, 0.717) is 5.25 Å². The number of rotatable bonds is 4. The van der Waals surface area contributed by atoms with Crippen LogP contribution in [0.25, 0.3) is 0 Å². The summed E-state index contributed by atoms with van der Waals surface area (Å²) in [5, 5.41) is 1.21. The Bertz CT molecular complexity index is 361. The van der Waals surface area contributed by atoms with Gasteiger partial charge in [-0.15, -0.1) is 11.8 Å².